The van der Waals surface area contributed by atoms with Crippen molar-refractivity contribution >= 4 is 0 Å². The van der Waals surface area contributed by atoms with Crippen molar-refractivity contribution < 1.29 is 14.6 Å². The van der Waals surface area contributed by atoms with E-state index in [9.17, 15) is 5.11 Å². The molecule has 184 valence electrons. The summed E-state index contributed by atoms with van der Waals surface area (Å²) in [7, 11) is 0. The highest BCUT2D eigenvalue weighted by Gasteiger charge is 2.67. The molecule has 5 fully saturated rings. The van der Waals surface area contributed by atoms with Crippen LogP contribution in [0.2, 0.25) is 0 Å². The number of ether oxygens (including phenoxy) is 2. The highest BCUT2D eigenvalue weighted by Crippen LogP contribution is 2.70. The van der Waals surface area contributed by atoms with Crippen LogP contribution in [0.15, 0.2) is 0 Å². The van der Waals surface area contributed by atoms with E-state index in [4.69, 9.17) is 9.47 Å². The fourth-order valence-corrected chi connectivity index (χ4v) is 10.1. The first-order valence-electron chi connectivity index (χ1n) is 14.2. The number of fused-ring (bicyclic) bond motifs is 6. The van der Waals surface area contributed by atoms with Crippen molar-refractivity contribution in [1.29, 1.82) is 0 Å². The molecule has 0 bridgehead atoms. The summed E-state index contributed by atoms with van der Waals surface area (Å²) in [4.78, 5) is 0. The Morgan fingerprint density at radius 3 is 2.28 bits per heavy atom. The zero-order valence-electron chi connectivity index (χ0n) is 21.6. The van der Waals surface area contributed by atoms with Crippen molar-refractivity contribution in [3.05, 3.63) is 0 Å². The normalized spacial score (nSPS) is 48.5. The molecular weight excluding hydrogens is 396 g/mol. The topological polar surface area (TPSA) is 38.7 Å². The standard InChI is InChI=1S/C29H50O3/c1-19(2)7-6-8-20(3)23-9-10-24-22-18-29(31-15-16-32-29)26-17-21(30)11-13-28(26,5)25(22)12-14-27(23,24)4/h19-26,30H,6-18H2,1-5H3/t20-,21+,22+,23-,24+,25+,26?,27-,28-/m1/s1. The second-order valence-electron chi connectivity index (χ2n) is 13.6. The van der Waals surface area contributed by atoms with Gasteiger partial charge in [-0.15, -0.1) is 0 Å². The van der Waals surface area contributed by atoms with Crippen LogP contribution in [0.4, 0.5) is 0 Å². The average molecular weight is 447 g/mol. The molecule has 1 N–H and O–H groups in total. The summed E-state index contributed by atoms with van der Waals surface area (Å²) >= 11 is 0. The summed E-state index contributed by atoms with van der Waals surface area (Å²) in [5, 5.41) is 10.6. The predicted octanol–water partition coefficient (Wildman–Crippen LogP) is 6.82. The van der Waals surface area contributed by atoms with E-state index in [1.165, 1.54) is 44.9 Å². The van der Waals surface area contributed by atoms with Gasteiger partial charge in [0.1, 0.15) is 0 Å². The van der Waals surface area contributed by atoms with Crippen LogP contribution in [-0.4, -0.2) is 30.2 Å². The first kappa shape index (κ1) is 23.6. The van der Waals surface area contributed by atoms with Gasteiger partial charge in [-0.1, -0.05) is 53.9 Å². The molecule has 3 nitrogen and oxygen atoms in total. The van der Waals surface area contributed by atoms with E-state index in [1.54, 1.807) is 0 Å². The van der Waals surface area contributed by atoms with Crippen molar-refractivity contribution in [3.63, 3.8) is 0 Å². The largest absolute Gasteiger partial charge is 0.393 e. The van der Waals surface area contributed by atoms with Gasteiger partial charge in [0.05, 0.1) is 19.3 Å². The highest BCUT2D eigenvalue weighted by molar-refractivity contribution is 5.14. The smallest absolute Gasteiger partial charge is 0.172 e. The van der Waals surface area contributed by atoms with Crippen LogP contribution >= 0.6 is 0 Å². The molecule has 0 aromatic carbocycles. The number of rotatable bonds is 5. The molecule has 1 aliphatic heterocycles. The van der Waals surface area contributed by atoms with Gasteiger partial charge in [-0.2, -0.15) is 0 Å². The minimum atomic E-state index is -0.420. The SMILES string of the molecule is CC(C)CCC[C@@H](C)[C@H]1CC[C@H]2[C@@H]3CC4(OCCO4)C4C[C@@H](O)CC[C@]4(C)[C@H]3CC[C@]12C. The second-order valence-corrected chi connectivity index (χ2v) is 13.6. The van der Waals surface area contributed by atoms with Gasteiger partial charge in [-0.05, 0) is 91.3 Å². The van der Waals surface area contributed by atoms with Crippen LogP contribution in [0.3, 0.4) is 0 Å². The summed E-state index contributed by atoms with van der Waals surface area (Å²) in [5.41, 5.74) is 0.754. The molecule has 0 aromatic rings. The third-order valence-corrected chi connectivity index (χ3v) is 11.6. The first-order valence-corrected chi connectivity index (χ1v) is 14.2. The minimum Gasteiger partial charge on any atom is -0.393 e. The van der Waals surface area contributed by atoms with Crippen LogP contribution in [0, 0.1) is 52.3 Å². The quantitative estimate of drug-likeness (QED) is 0.503. The van der Waals surface area contributed by atoms with Crippen LogP contribution in [0.25, 0.3) is 0 Å². The number of aliphatic hydroxyl groups excluding tert-OH is 1. The Labute approximate surface area is 197 Å². The monoisotopic (exact) mass is 446 g/mol. The molecule has 3 heteroatoms. The average Bonchev–Trinajstić information content (AvgIpc) is 3.34. The van der Waals surface area contributed by atoms with Gasteiger partial charge < -0.3 is 14.6 Å². The predicted molar refractivity (Wildman–Crippen MR) is 129 cm³/mol. The fraction of sp³-hybridized carbons (Fsp3) is 1.00. The molecule has 5 aliphatic rings. The van der Waals surface area contributed by atoms with Crippen molar-refractivity contribution in [2.24, 2.45) is 52.3 Å². The van der Waals surface area contributed by atoms with Crippen molar-refractivity contribution in [2.75, 3.05) is 13.2 Å². The van der Waals surface area contributed by atoms with Gasteiger partial charge in [0, 0.05) is 12.3 Å². The Kier molecular flexibility index (Phi) is 6.29. The van der Waals surface area contributed by atoms with Crippen LogP contribution in [-0.2, 0) is 9.47 Å². The lowest BCUT2D eigenvalue weighted by molar-refractivity contribution is -0.298. The van der Waals surface area contributed by atoms with Crippen LogP contribution in [0.1, 0.15) is 105 Å². The third kappa shape index (κ3) is 3.63. The lowest BCUT2D eigenvalue weighted by Crippen LogP contribution is -2.63. The van der Waals surface area contributed by atoms with Gasteiger partial charge in [0.25, 0.3) is 0 Å². The zero-order chi connectivity index (χ0) is 22.7. The van der Waals surface area contributed by atoms with E-state index >= 15 is 0 Å². The van der Waals surface area contributed by atoms with Crippen molar-refractivity contribution in [3.8, 4) is 0 Å². The molecule has 4 aliphatic carbocycles. The van der Waals surface area contributed by atoms with E-state index in [0.29, 0.717) is 11.3 Å². The Hall–Kier alpha value is -0.120. The molecule has 0 amide bonds. The maximum atomic E-state index is 10.6. The summed E-state index contributed by atoms with van der Waals surface area (Å²) in [6.07, 6.45) is 13.7. The Balaban J connectivity index is 1.39. The Morgan fingerprint density at radius 2 is 1.56 bits per heavy atom. The summed E-state index contributed by atoms with van der Waals surface area (Å²) < 4.78 is 13.0. The molecule has 5 rings (SSSR count). The third-order valence-electron chi connectivity index (χ3n) is 11.6. The van der Waals surface area contributed by atoms with Gasteiger partial charge in [-0.3, -0.25) is 0 Å². The molecule has 4 saturated carbocycles. The van der Waals surface area contributed by atoms with Crippen molar-refractivity contribution in [2.45, 2.75) is 117 Å². The maximum Gasteiger partial charge on any atom is 0.172 e. The zero-order valence-corrected chi connectivity index (χ0v) is 21.6. The highest BCUT2D eigenvalue weighted by atomic mass is 16.7. The molecule has 32 heavy (non-hydrogen) atoms. The molecular formula is C29H50O3. The molecule has 1 spiro atoms. The molecule has 0 radical (unpaired) electrons. The van der Waals surface area contributed by atoms with E-state index in [0.717, 1.165) is 74.4 Å². The summed E-state index contributed by atoms with van der Waals surface area (Å²) in [6.45, 7) is 14.0. The van der Waals surface area contributed by atoms with Gasteiger partial charge in [-0.25, -0.2) is 0 Å². The Morgan fingerprint density at radius 1 is 0.875 bits per heavy atom. The second kappa shape index (κ2) is 8.52. The number of aliphatic hydroxyl groups is 1. The van der Waals surface area contributed by atoms with Crippen molar-refractivity contribution in [1.82, 2.24) is 0 Å². The lowest BCUT2D eigenvalue weighted by atomic mass is 9.43. The van der Waals surface area contributed by atoms with Gasteiger partial charge in [0.15, 0.2) is 5.79 Å². The lowest BCUT2D eigenvalue weighted by Gasteiger charge is -2.65. The molecule has 0 aromatic heterocycles. The molecule has 9 atom stereocenters. The maximum absolute atomic E-state index is 10.6. The summed E-state index contributed by atoms with van der Waals surface area (Å²) in [5.74, 6) is 4.86. The van der Waals surface area contributed by atoms with Gasteiger partial charge >= 0.3 is 0 Å². The van der Waals surface area contributed by atoms with Crippen LogP contribution in [0.5, 0.6) is 0 Å². The van der Waals surface area contributed by atoms with E-state index in [-0.39, 0.29) is 11.5 Å². The Bertz CT molecular complexity index is 669. The summed E-state index contributed by atoms with van der Waals surface area (Å²) in [6, 6.07) is 0. The van der Waals surface area contributed by atoms with Crippen LogP contribution < -0.4 is 0 Å². The molecule has 1 saturated heterocycles. The number of hydrogen-bond donors (Lipinski definition) is 1. The van der Waals surface area contributed by atoms with Gasteiger partial charge in [0.2, 0.25) is 0 Å². The number of hydrogen-bond acceptors (Lipinski definition) is 3. The van der Waals surface area contributed by atoms with E-state index < -0.39 is 5.79 Å². The fourth-order valence-electron chi connectivity index (χ4n) is 10.1. The van der Waals surface area contributed by atoms with E-state index in [2.05, 4.69) is 34.6 Å². The van der Waals surface area contributed by atoms with E-state index in [1.807, 2.05) is 0 Å². The first-order chi connectivity index (χ1) is 15.2. The molecule has 1 unspecified atom stereocenters. The minimum absolute atomic E-state index is 0.175. The molecule has 1 heterocycles.